The minimum absolute atomic E-state index is 0.0695. The summed E-state index contributed by atoms with van der Waals surface area (Å²) in [7, 11) is 0. The molecule has 0 saturated carbocycles. The summed E-state index contributed by atoms with van der Waals surface area (Å²) in [5.74, 6) is 0.264. The number of ether oxygens (including phenoxy) is 2. The van der Waals surface area contributed by atoms with Crippen molar-refractivity contribution in [2.24, 2.45) is 0 Å². The van der Waals surface area contributed by atoms with E-state index in [-0.39, 0.29) is 38.0 Å². The molecule has 34 heavy (non-hydrogen) atoms. The van der Waals surface area contributed by atoms with E-state index in [0.29, 0.717) is 17.2 Å². The molecule has 0 N–H and O–H groups in total. The highest BCUT2D eigenvalue weighted by Crippen LogP contribution is 2.34. The Balaban J connectivity index is 1.44. The molecule has 5 rings (SSSR count). The molecule has 2 heterocycles. The number of carbonyl (C=O) groups excluding carboxylic acids is 3. The third kappa shape index (κ3) is 4.41. The fourth-order valence-electron chi connectivity index (χ4n) is 4.20. The molecule has 2 aliphatic heterocycles. The molecule has 2 aliphatic rings. The average Bonchev–Trinajstić information content (AvgIpc) is 3.42. The van der Waals surface area contributed by atoms with Crippen molar-refractivity contribution in [2.45, 2.75) is 25.4 Å². The molecule has 0 radical (unpaired) electrons. The molecule has 1 unspecified atom stereocenters. The molecular weight excluding hydrogens is 500 g/mol. The predicted octanol–water partition coefficient (Wildman–Crippen LogP) is 4.08. The fraction of sp³-hybridized carbons (Fsp3) is 0.192. The van der Waals surface area contributed by atoms with Crippen LogP contribution in [0.15, 0.2) is 77.3 Å². The van der Waals surface area contributed by atoms with Crippen molar-refractivity contribution in [2.75, 3.05) is 11.7 Å². The first-order valence-corrected chi connectivity index (χ1v) is 11.6. The van der Waals surface area contributed by atoms with Crippen molar-refractivity contribution in [3.63, 3.8) is 0 Å². The standard InChI is InChI=1S/C26H21BrN2O5/c27-19-7-9-20(10-8-19)29-25(31)14-21(26(29)32)28(24(30)13-17-4-2-1-3-5-17)15-18-6-11-22-23(12-18)34-16-33-22/h1-12,21H,13-16H2. The van der Waals surface area contributed by atoms with E-state index in [2.05, 4.69) is 15.9 Å². The van der Waals surface area contributed by atoms with Crippen LogP contribution < -0.4 is 14.4 Å². The molecule has 3 aromatic rings. The van der Waals surface area contributed by atoms with Gasteiger partial charge < -0.3 is 14.4 Å². The predicted molar refractivity (Wildman–Crippen MR) is 128 cm³/mol. The van der Waals surface area contributed by atoms with Crippen LogP contribution in [0.3, 0.4) is 0 Å². The lowest BCUT2D eigenvalue weighted by Gasteiger charge is -2.28. The van der Waals surface area contributed by atoms with Crippen molar-refractivity contribution >= 4 is 39.3 Å². The van der Waals surface area contributed by atoms with Gasteiger partial charge in [0, 0.05) is 11.0 Å². The molecule has 0 aliphatic carbocycles. The Hall–Kier alpha value is -3.65. The molecule has 1 fully saturated rings. The van der Waals surface area contributed by atoms with E-state index >= 15 is 0 Å². The van der Waals surface area contributed by atoms with Crippen LogP contribution >= 0.6 is 15.9 Å². The van der Waals surface area contributed by atoms with Gasteiger partial charge in [0.15, 0.2) is 11.5 Å². The summed E-state index contributed by atoms with van der Waals surface area (Å²) >= 11 is 3.37. The maximum atomic E-state index is 13.5. The van der Waals surface area contributed by atoms with Gasteiger partial charge in [-0.2, -0.15) is 0 Å². The molecule has 7 nitrogen and oxygen atoms in total. The Morgan fingerprint density at radius 3 is 2.44 bits per heavy atom. The molecule has 1 saturated heterocycles. The summed E-state index contributed by atoms with van der Waals surface area (Å²) in [5, 5.41) is 0. The van der Waals surface area contributed by atoms with Gasteiger partial charge in [-0.15, -0.1) is 0 Å². The smallest absolute Gasteiger partial charge is 0.257 e. The van der Waals surface area contributed by atoms with E-state index in [4.69, 9.17) is 9.47 Å². The van der Waals surface area contributed by atoms with E-state index in [1.54, 1.807) is 36.4 Å². The molecule has 0 bridgehead atoms. The highest BCUT2D eigenvalue weighted by molar-refractivity contribution is 9.10. The third-order valence-corrected chi connectivity index (χ3v) is 6.42. The summed E-state index contributed by atoms with van der Waals surface area (Å²) in [6.07, 6.45) is 0.0572. The van der Waals surface area contributed by atoms with Crippen LogP contribution in [0.4, 0.5) is 5.69 Å². The number of hydrogen-bond donors (Lipinski definition) is 0. The molecular formula is C26H21BrN2O5. The first kappa shape index (κ1) is 22.2. The second-order valence-corrected chi connectivity index (χ2v) is 9.05. The molecule has 3 amide bonds. The minimum Gasteiger partial charge on any atom is -0.454 e. The van der Waals surface area contributed by atoms with Gasteiger partial charge in [0.1, 0.15) is 6.04 Å². The van der Waals surface area contributed by atoms with Crippen LogP contribution in [-0.2, 0) is 27.3 Å². The highest BCUT2D eigenvalue weighted by Gasteiger charge is 2.44. The van der Waals surface area contributed by atoms with Gasteiger partial charge >= 0.3 is 0 Å². The topological polar surface area (TPSA) is 76.1 Å². The van der Waals surface area contributed by atoms with Crippen molar-refractivity contribution in [1.29, 1.82) is 0 Å². The van der Waals surface area contributed by atoms with Crippen molar-refractivity contribution in [3.05, 3.63) is 88.4 Å². The minimum atomic E-state index is -0.891. The van der Waals surface area contributed by atoms with Gasteiger partial charge in [-0.3, -0.25) is 14.4 Å². The van der Waals surface area contributed by atoms with Crippen LogP contribution in [0.1, 0.15) is 17.5 Å². The molecule has 172 valence electrons. The lowest BCUT2D eigenvalue weighted by atomic mass is 10.1. The number of nitrogens with zero attached hydrogens (tertiary/aromatic N) is 2. The lowest BCUT2D eigenvalue weighted by molar-refractivity contribution is -0.138. The fourth-order valence-corrected chi connectivity index (χ4v) is 4.47. The van der Waals surface area contributed by atoms with E-state index in [9.17, 15) is 14.4 Å². The zero-order chi connectivity index (χ0) is 23.7. The second-order valence-electron chi connectivity index (χ2n) is 8.14. The van der Waals surface area contributed by atoms with Gasteiger partial charge in [-0.25, -0.2) is 4.90 Å². The summed E-state index contributed by atoms with van der Waals surface area (Å²) in [6.45, 7) is 0.313. The number of benzene rings is 3. The number of carbonyl (C=O) groups is 3. The lowest BCUT2D eigenvalue weighted by Crippen LogP contribution is -2.45. The Morgan fingerprint density at radius 1 is 0.941 bits per heavy atom. The number of amides is 3. The zero-order valence-corrected chi connectivity index (χ0v) is 19.7. The first-order valence-electron chi connectivity index (χ1n) is 10.8. The summed E-state index contributed by atoms with van der Waals surface area (Å²) in [5.41, 5.74) is 2.11. The molecule has 3 aromatic carbocycles. The molecule has 0 spiro atoms. The number of halogens is 1. The van der Waals surface area contributed by atoms with E-state index < -0.39 is 11.9 Å². The number of imide groups is 1. The van der Waals surface area contributed by atoms with E-state index in [0.717, 1.165) is 15.6 Å². The maximum Gasteiger partial charge on any atom is 0.257 e. The monoisotopic (exact) mass is 520 g/mol. The highest BCUT2D eigenvalue weighted by atomic mass is 79.9. The van der Waals surface area contributed by atoms with Gasteiger partial charge in [-0.05, 0) is 47.5 Å². The average molecular weight is 521 g/mol. The second kappa shape index (κ2) is 9.30. The Bertz CT molecular complexity index is 1250. The van der Waals surface area contributed by atoms with E-state index in [1.807, 2.05) is 36.4 Å². The van der Waals surface area contributed by atoms with Crippen molar-refractivity contribution in [1.82, 2.24) is 4.90 Å². The quantitative estimate of drug-likeness (QED) is 0.457. The Kier molecular flexibility index (Phi) is 6.06. The largest absolute Gasteiger partial charge is 0.454 e. The third-order valence-electron chi connectivity index (χ3n) is 5.89. The van der Waals surface area contributed by atoms with Crippen LogP contribution in [0.2, 0.25) is 0 Å². The number of anilines is 1. The summed E-state index contributed by atoms with van der Waals surface area (Å²) in [4.78, 5) is 42.5. The normalized spacial score (nSPS) is 16.7. The maximum absolute atomic E-state index is 13.5. The number of hydrogen-bond acceptors (Lipinski definition) is 5. The SMILES string of the molecule is O=C1CC(N(Cc2ccc3c(c2)OCO3)C(=O)Cc2ccccc2)C(=O)N1c1ccc(Br)cc1. The summed E-state index contributed by atoms with van der Waals surface area (Å²) < 4.78 is 11.7. The molecule has 0 aromatic heterocycles. The molecule has 1 atom stereocenters. The van der Waals surface area contributed by atoms with E-state index in [1.165, 1.54) is 9.80 Å². The van der Waals surface area contributed by atoms with Crippen LogP contribution in [0, 0.1) is 0 Å². The number of rotatable bonds is 6. The van der Waals surface area contributed by atoms with Crippen molar-refractivity contribution < 1.29 is 23.9 Å². The Morgan fingerprint density at radius 2 is 1.68 bits per heavy atom. The Labute approximate surface area is 205 Å². The van der Waals surface area contributed by atoms with Crippen molar-refractivity contribution in [3.8, 4) is 11.5 Å². The van der Waals surface area contributed by atoms with Crippen LogP contribution in [0.5, 0.6) is 11.5 Å². The first-order chi connectivity index (χ1) is 16.5. The van der Waals surface area contributed by atoms with Gasteiger partial charge in [0.05, 0.1) is 18.5 Å². The zero-order valence-electron chi connectivity index (χ0n) is 18.1. The van der Waals surface area contributed by atoms with Crippen LogP contribution in [-0.4, -0.2) is 35.5 Å². The van der Waals surface area contributed by atoms with Gasteiger partial charge in [-0.1, -0.05) is 52.3 Å². The summed E-state index contributed by atoms with van der Waals surface area (Å²) in [6, 6.07) is 20.8. The molecule has 8 heteroatoms. The van der Waals surface area contributed by atoms with Gasteiger partial charge in [0.25, 0.3) is 5.91 Å². The number of fused-ring (bicyclic) bond motifs is 1. The van der Waals surface area contributed by atoms with Gasteiger partial charge in [0.2, 0.25) is 18.6 Å². The van der Waals surface area contributed by atoms with Crippen LogP contribution in [0.25, 0.3) is 0 Å².